The van der Waals surface area contributed by atoms with E-state index in [-0.39, 0.29) is 30.3 Å². The Kier molecular flexibility index (Phi) is 6.30. The van der Waals surface area contributed by atoms with Crippen molar-refractivity contribution >= 4 is 23.0 Å². The van der Waals surface area contributed by atoms with Gasteiger partial charge in [-0.3, -0.25) is 4.79 Å². The molecule has 0 spiro atoms. The monoisotopic (exact) mass is 433 g/mol. The second-order valence-corrected chi connectivity index (χ2v) is 7.45. The van der Waals surface area contributed by atoms with Crippen molar-refractivity contribution < 1.29 is 23.3 Å². The van der Waals surface area contributed by atoms with E-state index >= 15 is 0 Å². The standard InChI is InChI=1S/C24H23N3O5/c1-15-5-7-17(8-6-15)9-10-21(28)25-11-13-31-24(29)18-14-19(20-4-3-12-30-20)26-23-22(18)16(2)27-32-23/h3-8,12,14H,9-11,13H2,1-2H3,(H,25,28). The third kappa shape index (κ3) is 4.85. The second-order valence-electron chi connectivity index (χ2n) is 7.45. The smallest absolute Gasteiger partial charge is 0.339 e. The molecular weight excluding hydrogens is 410 g/mol. The van der Waals surface area contributed by atoms with Crippen molar-refractivity contribution in [1.29, 1.82) is 0 Å². The molecule has 1 N–H and O–H groups in total. The second kappa shape index (κ2) is 9.47. The van der Waals surface area contributed by atoms with E-state index in [9.17, 15) is 9.59 Å². The summed E-state index contributed by atoms with van der Waals surface area (Å²) < 4.78 is 16.0. The molecule has 3 aromatic heterocycles. The van der Waals surface area contributed by atoms with E-state index in [4.69, 9.17) is 13.7 Å². The number of hydrogen-bond acceptors (Lipinski definition) is 7. The Labute approximate surface area is 184 Å². The van der Waals surface area contributed by atoms with Gasteiger partial charge in [0.05, 0.1) is 29.5 Å². The van der Waals surface area contributed by atoms with Gasteiger partial charge in [-0.2, -0.15) is 0 Å². The summed E-state index contributed by atoms with van der Waals surface area (Å²) in [6.07, 6.45) is 2.55. The maximum absolute atomic E-state index is 12.8. The van der Waals surface area contributed by atoms with E-state index < -0.39 is 5.97 Å². The number of aromatic nitrogens is 2. The number of ether oxygens (including phenoxy) is 1. The van der Waals surface area contributed by atoms with Gasteiger partial charge in [-0.05, 0) is 44.0 Å². The third-order valence-corrected chi connectivity index (χ3v) is 5.03. The summed E-state index contributed by atoms with van der Waals surface area (Å²) in [6.45, 7) is 4.02. The van der Waals surface area contributed by atoms with Crippen molar-refractivity contribution in [3.05, 3.63) is 71.1 Å². The molecule has 0 atom stereocenters. The van der Waals surface area contributed by atoms with Gasteiger partial charge in [0.2, 0.25) is 5.91 Å². The van der Waals surface area contributed by atoms with Crippen molar-refractivity contribution in [3.63, 3.8) is 0 Å². The number of fused-ring (bicyclic) bond motifs is 1. The average molecular weight is 433 g/mol. The fourth-order valence-corrected chi connectivity index (χ4v) is 3.32. The highest BCUT2D eigenvalue weighted by molar-refractivity contribution is 6.04. The minimum Gasteiger partial charge on any atom is -0.463 e. The molecule has 0 aliphatic carbocycles. The van der Waals surface area contributed by atoms with E-state index in [1.54, 1.807) is 25.1 Å². The lowest BCUT2D eigenvalue weighted by Crippen LogP contribution is -2.28. The lowest BCUT2D eigenvalue weighted by molar-refractivity contribution is -0.121. The zero-order valence-electron chi connectivity index (χ0n) is 17.9. The lowest BCUT2D eigenvalue weighted by atomic mass is 10.1. The number of pyridine rings is 1. The maximum Gasteiger partial charge on any atom is 0.339 e. The highest BCUT2D eigenvalue weighted by atomic mass is 16.5. The molecule has 0 saturated heterocycles. The Morgan fingerprint density at radius 1 is 1.12 bits per heavy atom. The fourth-order valence-electron chi connectivity index (χ4n) is 3.32. The summed E-state index contributed by atoms with van der Waals surface area (Å²) in [5, 5.41) is 7.17. The van der Waals surface area contributed by atoms with Crippen molar-refractivity contribution in [2.45, 2.75) is 26.7 Å². The maximum atomic E-state index is 12.8. The highest BCUT2D eigenvalue weighted by Gasteiger charge is 2.21. The van der Waals surface area contributed by atoms with Crippen LogP contribution in [-0.2, 0) is 16.0 Å². The molecule has 1 amide bonds. The van der Waals surface area contributed by atoms with Crippen LogP contribution in [0.5, 0.6) is 0 Å². The van der Waals surface area contributed by atoms with Gasteiger partial charge in [-0.25, -0.2) is 9.78 Å². The number of nitrogens with one attached hydrogen (secondary N) is 1. The summed E-state index contributed by atoms with van der Waals surface area (Å²) in [5.41, 5.74) is 3.78. The van der Waals surface area contributed by atoms with Crippen LogP contribution < -0.4 is 5.32 Å². The van der Waals surface area contributed by atoms with Crippen molar-refractivity contribution in [2.75, 3.05) is 13.2 Å². The minimum absolute atomic E-state index is 0.0410. The van der Waals surface area contributed by atoms with Gasteiger partial charge in [0, 0.05) is 6.42 Å². The van der Waals surface area contributed by atoms with E-state index in [0.29, 0.717) is 35.4 Å². The minimum atomic E-state index is -0.551. The molecule has 1 aromatic carbocycles. The van der Waals surface area contributed by atoms with Gasteiger partial charge < -0.3 is 19.0 Å². The van der Waals surface area contributed by atoms with Gasteiger partial charge >= 0.3 is 5.97 Å². The van der Waals surface area contributed by atoms with Crippen LogP contribution in [0.15, 0.2) is 57.7 Å². The number of nitrogens with zero attached hydrogens (tertiary/aromatic N) is 2. The van der Waals surface area contributed by atoms with Gasteiger partial charge in [0.1, 0.15) is 12.3 Å². The number of aryl methyl sites for hydroxylation is 3. The molecule has 32 heavy (non-hydrogen) atoms. The number of hydrogen-bond donors (Lipinski definition) is 1. The lowest BCUT2D eigenvalue weighted by Gasteiger charge is -2.08. The van der Waals surface area contributed by atoms with Crippen LogP contribution in [-0.4, -0.2) is 35.2 Å². The number of benzene rings is 1. The Balaban J connectivity index is 1.33. The van der Waals surface area contributed by atoms with Gasteiger partial charge in [-0.1, -0.05) is 35.0 Å². The molecule has 0 fully saturated rings. The number of esters is 1. The summed E-state index contributed by atoms with van der Waals surface area (Å²) in [5.74, 6) is -0.149. The first-order chi connectivity index (χ1) is 15.5. The zero-order chi connectivity index (χ0) is 22.5. The first kappa shape index (κ1) is 21.3. The molecule has 0 aliphatic rings. The number of furan rings is 1. The predicted molar refractivity (Wildman–Crippen MR) is 117 cm³/mol. The van der Waals surface area contributed by atoms with Crippen molar-refractivity contribution in [1.82, 2.24) is 15.5 Å². The summed E-state index contributed by atoms with van der Waals surface area (Å²) in [7, 11) is 0. The molecular formula is C24H23N3O5. The molecule has 3 heterocycles. The topological polar surface area (TPSA) is 107 Å². The van der Waals surface area contributed by atoms with Crippen LogP contribution in [0.1, 0.15) is 33.6 Å². The summed E-state index contributed by atoms with van der Waals surface area (Å²) in [6, 6.07) is 13.1. The third-order valence-electron chi connectivity index (χ3n) is 5.03. The summed E-state index contributed by atoms with van der Waals surface area (Å²) in [4.78, 5) is 29.2. The molecule has 4 rings (SSSR count). The van der Waals surface area contributed by atoms with Crippen LogP contribution in [0.3, 0.4) is 0 Å². The van der Waals surface area contributed by atoms with Gasteiger partial charge in [0.15, 0.2) is 5.76 Å². The molecule has 8 heteroatoms. The highest BCUT2D eigenvalue weighted by Crippen LogP contribution is 2.27. The van der Waals surface area contributed by atoms with Crippen molar-refractivity contribution in [2.24, 2.45) is 0 Å². The molecule has 0 saturated carbocycles. The Hall–Kier alpha value is -3.94. The fraction of sp³-hybridized carbons (Fsp3) is 0.250. The zero-order valence-corrected chi connectivity index (χ0v) is 17.9. The molecule has 0 unspecified atom stereocenters. The van der Waals surface area contributed by atoms with Gasteiger partial charge in [-0.15, -0.1) is 0 Å². The van der Waals surface area contributed by atoms with Crippen molar-refractivity contribution in [3.8, 4) is 11.5 Å². The van der Waals surface area contributed by atoms with Crippen LogP contribution in [0, 0.1) is 13.8 Å². The quantitative estimate of drug-likeness (QED) is 0.330. The Morgan fingerprint density at radius 3 is 2.69 bits per heavy atom. The van der Waals surface area contributed by atoms with Crippen LogP contribution in [0.4, 0.5) is 0 Å². The van der Waals surface area contributed by atoms with E-state index in [1.807, 2.05) is 31.2 Å². The number of carbonyl (C=O) groups is 2. The molecule has 8 nitrogen and oxygen atoms in total. The Bertz CT molecular complexity index is 1230. The first-order valence-corrected chi connectivity index (χ1v) is 10.3. The van der Waals surface area contributed by atoms with Crippen LogP contribution in [0.25, 0.3) is 22.6 Å². The predicted octanol–water partition coefficient (Wildman–Crippen LogP) is 4.01. The van der Waals surface area contributed by atoms with E-state index in [2.05, 4.69) is 15.5 Å². The number of rotatable bonds is 8. The average Bonchev–Trinajstić information content (AvgIpc) is 3.46. The molecule has 0 radical (unpaired) electrons. The van der Waals surface area contributed by atoms with E-state index in [1.165, 1.54) is 11.8 Å². The normalized spacial score (nSPS) is 10.9. The first-order valence-electron chi connectivity index (χ1n) is 10.3. The van der Waals surface area contributed by atoms with E-state index in [0.717, 1.165) is 5.56 Å². The molecule has 4 aromatic rings. The van der Waals surface area contributed by atoms with Crippen LogP contribution >= 0.6 is 0 Å². The summed E-state index contributed by atoms with van der Waals surface area (Å²) >= 11 is 0. The molecule has 164 valence electrons. The number of amides is 1. The number of carbonyl (C=O) groups excluding carboxylic acids is 2. The van der Waals surface area contributed by atoms with Crippen LogP contribution in [0.2, 0.25) is 0 Å². The Morgan fingerprint density at radius 2 is 1.94 bits per heavy atom. The largest absolute Gasteiger partial charge is 0.463 e. The van der Waals surface area contributed by atoms with Gasteiger partial charge in [0.25, 0.3) is 5.71 Å². The molecule has 0 aliphatic heterocycles. The molecule has 0 bridgehead atoms. The SMILES string of the molecule is Cc1ccc(CCC(=O)NCCOC(=O)c2cc(-c3ccco3)nc3onc(C)c23)cc1.